The van der Waals surface area contributed by atoms with Gasteiger partial charge in [-0.2, -0.15) is 0 Å². The Labute approximate surface area is 132 Å². The highest BCUT2D eigenvalue weighted by atomic mass is 35.5. The van der Waals surface area contributed by atoms with Crippen molar-refractivity contribution in [3.05, 3.63) is 5.69 Å². The molecule has 118 valence electrons. The predicted molar refractivity (Wildman–Crippen MR) is 82.1 cm³/mol. The molecular weight excluding hydrogens is 316 g/mol. The summed E-state index contributed by atoms with van der Waals surface area (Å²) in [6.45, 7) is 2.50. The van der Waals surface area contributed by atoms with Crippen molar-refractivity contribution in [2.45, 2.75) is 32.6 Å². The van der Waals surface area contributed by atoms with Gasteiger partial charge in [0.1, 0.15) is 0 Å². The summed E-state index contributed by atoms with van der Waals surface area (Å²) < 4.78 is 8.47. The van der Waals surface area contributed by atoms with Crippen LogP contribution < -0.4 is 10.6 Å². The number of carbonyl (C=O) groups is 2. The first-order valence-corrected chi connectivity index (χ1v) is 8.10. The molecule has 0 aromatic carbocycles. The molecule has 2 N–H and O–H groups in total. The average Bonchev–Trinajstić information content (AvgIpc) is 2.91. The lowest BCUT2D eigenvalue weighted by atomic mass is 10.2. The Kier molecular flexibility index (Phi) is 8.68. The van der Waals surface area contributed by atoms with E-state index in [0.29, 0.717) is 12.4 Å². The number of carbonyl (C=O) groups excluding carboxylic acids is 2. The van der Waals surface area contributed by atoms with E-state index in [-0.39, 0.29) is 23.3 Å². The van der Waals surface area contributed by atoms with Crippen LogP contribution in [0.25, 0.3) is 0 Å². The fourth-order valence-corrected chi connectivity index (χ4v) is 2.27. The van der Waals surface area contributed by atoms with Crippen LogP contribution in [0.4, 0.5) is 9.80 Å². The van der Waals surface area contributed by atoms with Crippen LogP contribution in [0, 0.1) is 0 Å². The van der Waals surface area contributed by atoms with Gasteiger partial charge in [-0.1, -0.05) is 17.3 Å². The van der Waals surface area contributed by atoms with Crippen molar-refractivity contribution in [2.24, 2.45) is 0 Å². The second-order valence-electron chi connectivity index (χ2n) is 4.16. The fraction of sp³-hybridized carbons (Fsp3) is 0.667. The first-order valence-electron chi connectivity index (χ1n) is 6.79. The number of alkyl halides is 1. The Bertz CT molecular complexity index is 455. The number of anilines is 1. The molecule has 0 radical (unpaired) electrons. The summed E-state index contributed by atoms with van der Waals surface area (Å²) in [6, 6.07) is -0.385. The standard InChI is InChI=1S/C12H19ClN4O3S/c1-2-20-11(18)9-10(21-17-16-9)15-12(19)14-8-6-4-3-5-7-13/h2-8H2,1H3,(H2,14,15,19). The van der Waals surface area contributed by atoms with Crippen LogP contribution >= 0.6 is 23.1 Å². The Morgan fingerprint density at radius 2 is 2.05 bits per heavy atom. The third-order valence-electron chi connectivity index (χ3n) is 2.53. The molecule has 2 amide bonds. The van der Waals surface area contributed by atoms with E-state index in [1.165, 1.54) is 0 Å². The van der Waals surface area contributed by atoms with Crippen LogP contribution in [0.5, 0.6) is 0 Å². The van der Waals surface area contributed by atoms with E-state index >= 15 is 0 Å². The van der Waals surface area contributed by atoms with E-state index in [9.17, 15) is 9.59 Å². The van der Waals surface area contributed by atoms with Gasteiger partial charge in [-0.25, -0.2) is 9.59 Å². The molecule has 21 heavy (non-hydrogen) atoms. The van der Waals surface area contributed by atoms with Crippen molar-refractivity contribution in [1.29, 1.82) is 0 Å². The molecule has 0 aliphatic carbocycles. The maximum Gasteiger partial charge on any atom is 0.362 e. The van der Waals surface area contributed by atoms with Gasteiger partial charge in [-0.3, -0.25) is 5.32 Å². The number of rotatable bonds is 9. The van der Waals surface area contributed by atoms with Crippen LogP contribution in [-0.2, 0) is 4.74 Å². The van der Waals surface area contributed by atoms with Crippen LogP contribution in [0.15, 0.2) is 0 Å². The lowest BCUT2D eigenvalue weighted by Gasteiger charge is -2.06. The minimum absolute atomic E-state index is 0.0270. The predicted octanol–water partition coefficient (Wildman–Crippen LogP) is 2.64. The highest BCUT2D eigenvalue weighted by Gasteiger charge is 2.19. The van der Waals surface area contributed by atoms with Gasteiger partial charge in [-0.15, -0.1) is 16.7 Å². The van der Waals surface area contributed by atoms with Crippen molar-refractivity contribution in [3.63, 3.8) is 0 Å². The molecule has 1 rings (SSSR count). The minimum atomic E-state index is -0.595. The molecule has 1 heterocycles. The van der Waals surface area contributed by atoms with Gasteiger partial charge < -0.3 is 10.1 Å². The van der Waals surface area contributed by atoms with Gasteiger partial charge in [0.25, 0.3) is 0 Å². The van der Waals surface area contributed by atoms with E-state index in [2.05, 4.69) is 20.2 Å². The zero-order valence-corrected chi connectivity index (χ0v) is 13.4. The molecule has 0 spiro atoms. The van der Waals surface area contributed by atoms with Gasteiger partial charge in [0.2, 0.25) is 5.69 Å². The number of unbranched alkanes of at least 4 members (excludes halogenated alkanes) is 3. The van der Waals surface area contributed by atoms with Crippen molar-refractivity contribution in [2.75, 3.05) is 24.3 Å². The molecule has 0 fully saturated rings. The average molecular weight is 335 g/mol. The number of hydrogen-bond donors (Lipinski definition) is 2. The van der Waals surface area contributed by atoms with Crippen molar-refractivity contribution in [3.8, 4) is 0 Å². The number of ether oxygens (including phenoxy) is 1. The molecule has 0 bridgehead atoms. The lowest BCUT2D eigenvalue weighted by molar-refractivity contribution is 0.0520. The van der Waals surface area contributed by atoms with Gasteiger partial charge in [-0.05, 0) is 19.8 Å². The molecule has 1 aromatic heterocycles. The minimum Gasteiger partial charge on any atom is -0.461 e. The molecular formula is C12H19ClN4O3S. The number of urea groups is 1. The van der Waals surface area contributed by atoms with Gasteiger partial charge in [0.15, 0.2) is 5.00 Å². The molecule has 7 nitrogen and oxygen atoms in total. The Morgan fingerprint density at radius 1 is 1.29 bits per heavy atom. The molecule has 0 aliphatic rings. The summed E-state index contributed by atoms with van der Waals surface area (Å²) in [5.74, 6) is 0.0748. The topological polar surface area (TPSA) is 93.2 Å². The third kappa shape index (κ3) is 6.72. The summed E-state index contributed by atoms with van der Waals surface area (Å²) in [6.07, 6.45) is 3.95. The first-order chi connectivity index (χ1) is 10.2. The maximum atomic E-state index is 11.7. The van der Waals surface area contributed by atoms with E-state index in [4.69, 9.17) is 16.3 Å². The molecule has 1 aromatic rings. The smallest absolute Gasteiger partial charge is 0.362 e. The van der Waals surface area contributed by atoms with E-state index in [1.54, 1.807) is 6.92 Å². The maximum absolute atomic E-state index is 11.7. The fourth-order valence-electron chi connectivity index (χ4n) is 1.53. The SMILES string of the molecule is CCOC(=O)c1nnsc1NC(=O)NCCCCCCCl. The van der Waals surface area contributed by atoms with E-state index < -0.39 is 5.97 Å². The Hall–Kier alpha value is -1.41. The summed E-state index contributed by atoms with van der Waals surface area (Å²) in [4.78, 5) is 23.3. The Balaban J connectivity index is 2.31. The number of hydrogen-bond acceptors (Lipinski definition) is 6. The third-order valence-corrected chi connectivity index (χ3v) is 3.44. The van der Waals surface area contributed by atoms with E-state index in [0.717, 1.165) is 37.2 Å². The summed E-state index contributed by atoms with van der Waals surface area (Å²) in [7, 11) is 0. The molecule has 0 atom stereocenters. The normalized spacial score (nSPS) is 10.2. The number of esters is 1. The van der Waals surface area contributed by atoms with Gasteiger partial charge in [0.05, 0.1) is 6.61 Å². The lowest BCUT2D eigenvalue weighted by Crippen LogP contribution is -2.29. The number of halogens is 1. The van der Waals surface area contributed by atoms with Crippen LogP contribution in [-0.4, -0.2) is 40.6 Å². The van der Waals surface area contributed by atoms with Crippen LogP contribution in [0.3, 0.4) is 0 Å². The summed E-state index contributed by atoms with van der Waals surface area (Å²) >= 11 is 6.51. The molecule has 0 unspecified atom stereocenters. The monoisotopic (exact) mass is 334 g/mol. The highest BCUT2D eigenvalue weighted by Crippen LogP contribution is 2.18. The number of nitrogens with one attached hydrogen (secondary N) is 2. The van der Waals surface area contributed by atoms with E-state index in [1.807, 2.05) is 0 Å². The highest BCUT2D eigenvalue weighted by molar-refractivity contribution is 7.10. The molecule has 9 heteroatoms. The first kappa shape index (κ1) is 17.6. The second kappa shape index (κ2) is 10.3. The number of aromatic nitrogens is 2. The largest absolute Gasteiger partial charge is 0.461 e. The summed E-state index contributed by atoms with van der Waals surface area (Å²) in [5.41, 5.74) is 0.0270. The number of nitrogens with zero attached hydrogens (tertiary/aromatic N) is 2. The number of amides is 2. The van der Waals surface area contributed by atoms with Crippen molar-refractivity contribution >= 4 is 40.1 Å². The van der Waals surface area contributed by atoms with Crippen LogP contribution in [0.2, 0.25) is 0 Å². The summed E-state index contributed by atoms with van der Waals surface area (Å²) in [5, 5.41) is 9.21. The molecule has 0 saturated heterocycles. The zero-order valence-electron chi connectivity index (χ0n) is 11.9. The molecule has 0 aliphatic heterocycles. The quantitative estimate of drug-likeness (QED) is 0.411. The van der Waals surface area contributed by atoms with Crippen LogP contribution in [0.1, 0.15) is 43.1 Å². The molecule has 0 saturated carbocycles. The second-order valence-corrected chi connectivity index (χ2v) is 5.29. The van der Waals surface area contributed by atoms with Crippen molar-refractivity contribution < 1.29 is 14.3 Å². The zero-order chi connectivity index (χ0) is 15.5. The van der Waals surface area contributed by atoms with Gasteiger partial charge >= 0.3 is 12.0 Å². The van der Waals surface area contributed by atoms with Crippen molar-refractivity contribution in [1.82, 2.24) is 14.9 Å². The van der Waals surface area contributed by atoms with Gasteiger partial charge in [0, 0.05) is 24.0 Å². The Morgan fingerprint density at radius 3 is 2.76 bits per heavy atom.